The summed E-state index contributed by atoms with van der Waals surface area (Å²) in [5, 5.41) is 3.13. The normalized spacial score (nSPS) is 17.1. The van der Waals surface area contributed by atoms with Gasteiger partial charge in [-0.3, -0.25) is 0 Å². The Morgan fingerprint density at radius 1 is 1.58 bits per heavy atom. The fraction of sp³-hybridized carbons (Fsp3) is 0.875. The van der Waals surface area contributed by atoms with Crippen molar-refractivity contribution in [1.29, 1.82) is 0 Å². The van der Waals surface area contributed by atoms with Gasteiger partial charge in [0.25, 0.3) is 0 Å². The molecular weight excluding hydrogens is 158 g/mol. The lowest BCUT2D eigenvalue weighted by molar-refractivity contribution is -0.149. The Morgan fingerprint density at radius 3 is 2.83 bits per heavy atom. The van der Waals surface area contributed by atoms with Crippen LogP contribution in [0.4, 0.5) is 0 Å². The van der Waals surface area contributed by atoms with Crippen LogP contribution in [0.1, 0.15) is 6.92 Å². The lowest BCUT2D eigenvalue weighted by atomic mass is 10.1. The number of carbonyl (C=O) groups excluding carboxylic acids is 1. The molecule has 1 heterocycles. The first-order chi connectivity index (χ1) is 5.83. The average molecular weight is 173 g/mol. The first-order valence-corrected chi connectivity index (χ1v) is 4.27. The summed E-state index contributed by atoms with van der Waals surface area (Å²) in [6.45, 7) is 4.96. The van der Waals surface area contributed by atoms with Crippen molar-refractivity contribution in [2.75, 3.05) is 32.9 Å². The van der Waals surface area contributed by atoms with E-state index in [1.54, 1.807) is 6.92 Å². The van der Waals surface area contributed by atoms with Gasteiger partial charge in [-0.1, -0.05) is 0 Å². The van der Waals surface area contributed by atoms with Gasteiger partial charge in [0.05, 0.1) is 13.2 Å². The first-order valence-electron chi connectivity index (χ1n) is 4.27. The summed E-state index contributed by atoms with van der Waals surface area (Å²) < 4.78 is 9.83. The molecule has 0 aromatic heterocycles. The Bertz CT molecular complexity index is 145. The fourth-order valence-corrected chi connectivity index (χ4v) is 0.978. The molecule has 0 amide bonds. The molecule has 0 unspecified atom stereocenters. The van der Waals surface area contributed by atoms with E-state index in [9.17, 15) is 4.79 Å². The minimum Gasteiger partial charge on any atom is -0.464 e. The summed E-state index contributed by atoms with van der Waals surface area (Å²) in [7, 11) is 0. The summed E-state index contributed by atoms with van der Waals surface area (Å²) in [6, 6.07) is 0. The molecule has 1 aliphatic rings. The SMILES string of the molecule is CCOC(=O)COCC1CNC1. The first kappa shape index (κ1) is 9.48. The predicted molar refractivity (Wildman–Crippen MR) is 43.8 cm³/mol. The van der Waals surface area contributed by atoms with E-state index in [1.165, 1.54) is 0 Å². The van der Waals surface area contributed by atoms with Gasteiger partial charge in [-0.05, 0) is 6.92 Å². The predicted octanol–water partition coefficient (Wildman–Crippen LogP) is -0.215. The van der Waals surface area contributed by atoms with Crippen LogP contribution in [0.2, 0.25) is 0 Å². The van der Waals surface area contributed by atoms with E-state index in [-0.39, 0.29) is 12.6 Å². The van der Waals surface area contributed by atoms with Gasteiger partial charge in [0, 0.05) is 19.0 Å². The molecule has 4 heteroatoms. The highest BCUT2D eigenvalue weighted by Gasteiger charge is 2.16. The second-order valence-electron chi connectivity index (χ2n) is 2.84. The number of esters is 1. The molecule has 1 N–H and O–H groups in total. The van der Waals surface area contributed by atoms with E-state index in [2.05, 4.69) is 5.32 Å². The van der Waals surface area contributed by atoms with E-state index in [1.807, 2.05) is 0 Å². The van der Waals surface area contributed by atoms with Crippen molar-refractivity contribution < 1.29 is 14.3 Å². The lowest BCUT2D eigenvalue weighted by Gasteiger charge is -2.26. The number of nitrogens with one attached hydrogen (secondary N) is 1. The van der Waals surface area contributed by atoms with Crippen molar-refractivity contribution in [2.24, 2.45) is 5.92 Å². The number of rotatable bonds is 5. The molecular formula is C8H15NO3. The molecule has 1 aliphatic heterocycles. The van der Waals surface area contributed by atoms with Crippen LogP contribution in [0, 0.1) is 5.92 Å². The van der Waals surface area contributed by atoms with Crippen molar-refractivity contribution >= 4 is 5.97 Å². The largest absolute Gasteiger partial charge is 0.464 e. The van der Waals surface area contributed by atoms with E-state index >= 15 is 0 Å². The van der Waals surface area contributed by atoms with Crippen molar-refractivity contribution in [1.82, 2.24) is 5.32 Å². The third-order valence-corrected chi connectivity index (χ3v) is 1.74. The van der Waals surface area contributed by atoms with Crippen molar-refractivity contribution in [3.63, 3.8) is 0 Å². The second-order valence-corrected chi connectivity index (χ2v) is 2.84. The second kappa shape index (κ2) is 5.11. The molecule has 0 aromatic rings. The van der Waals surface area contributed by atoms with Crippen LogP contribution in [0.15, 0.2) is 0 Å². The van der Waals surface area contributed by atoms with Gasteiger partial charge >= 0.3 is 5.97 Å². The van der Waals surface area contributed by atoms with E-state index in [0.29, 0.717) is 19.1 Å². The zero-order chi connectivity index (χ0) is 8.81. The Kier molecular flexibility index (Phi) is 4.04. The minimum atomic E-state index is -0.273. The highest BCUT2D eigenvalue weighted by molar-refractivity contribution is 5.70. The maximum absolute atomic E-state index is 10.8. The van der Waals surface area contributed by atoms with Crippen molar-refractivity contribution in [3.8, 4) is 0 Å². The van der Waals surface area contributed by atoms with Crippen LogP contribution in [0.3, 0.4) is 0 Å². The van der Waals surface area contributed by atoms with Gasteiger partial charge < -0.3 is 14.8 Å². The summed E-state index contributed by atoms with van der Waals surface area (Å²) in [6.07, 6.45) is 0. The monoisotopic (exact) mass is 173 g/mol. The van der Waals surface area contributed by atoms with Crippen molar-refractivity contribution in [3.05, 3.63) is 0 Å². The highest BCUT2D eigenvalue weighted by Crippen LogP contribution is 2.02. The molecule has 0 atom stereocenters. The number of carbonyl (C=O) groups is 1. The number of ether oxygens (including phenoxy) is 2. The summed E-state index contributed by atoms with van der Waals surface area (Å²) >= 11 is 0. The minimum absolute atomic E-state index is 0.0876. The van der Waals surface area contributed by atoms with Crippen LogP contribution >= 0.6 is 0 Å². The van der Waals surface area contributed by atoms with Gasteiger partial charge in [0.1, 0.15) is 6.61 Å². The molecule has 0 saturated carbocycles. The van der Waals surface area contributed by atoms with Gasteiger partial charge in [0.2, 0.25) is 0 Å². The zero-order valence-electron chi connectivity index (χ0n) is 7.34. The van der Waals surface area contributed by atoms with Crippen LogP contribution in [-0.2, 0) is 14.3 Å². The smallest absolute Gasteiger partial charge is 0.332 e. The summed E-state index contributed by atoms with van der Waals surface area (Å²) in [5.74, 6) is 0.309. The van der Waals surface area contributed by atoms with E-state index < -0.39 is 0 Å². The standard InChI is InChI=1S/C8H15NO3/c1-2-12-8(10)6-11-5-7-3-9-4-7/h7,9H,2-6H2,1H3. The molecule has 12 heavy (non-hydrogen) atoms. The summed E-state index contributed by atoms with van der Waals surface area (Å²) in [4.78, 5) is 10.8. The molecule has 4 nitrogen and oxygen atoms in total. The quantitative estimate of drug-likeness (QED) is 0.584. The lowest BCUT2D eigenvalue weighted by Crippen LogP contribution is -2.44. The molecule has 70 valence electrons. The maximum Gasteiger partial charge on any atom is 0.332 e. The summed E-state index contributed by atoms with van der Waals surface area (Å²) in [5.41, 5.74) is 0. The van der Waals surface area contributed by atoms with Crippen LogP contribution in [0.5, 0.6) is 0 Å². The van der Waals surface area contributed by atoms with Crippen molar-refractivity contribution in [2.45, 2.75) is 6.92 Å². The van der Waals surface area contributed by atoms with Crippen LogP contribution in [-0.4, -0.2) is 38.9 Å². The molecule has 1 fully saturated rings. The molecule has 0 spiro atoms. The Morgan fingerprint density at radius 2 is 2.33 bits per heavy atom. The van der Waals surface area contributed by atoms with Crippen LogP contribution in [0.25, 0.3) is 0 Å². The number of hydrogen-bond acceptors (Lipinski definition) is 4. The fourth-order valence-electron chi connectivity index (χ4n) is 0.978. The van der Waals surface area contributed by atoms with E-state index in [0.717, 1.165) is 13.1 Å². The Balaban J connectivity index is 1.90. The molecule has 0 radical (unpaired) electrons. The Hall–Kier alpha value is -0.610. The third-order valence-electron chi connectivity index (χ3n) is 1.74. The maximum atomic E-state index is 10.8. The van der Waals surface area contributed by atoms with Gasteiger partial charge in [-0.2, -0.15) is 0 Å². The highest BCUT2D eigenvalue weighted by atomic mass is 16.6. The van der Waals surface area contributed by atoms with Crippen LogP contribution < -0.4 is 5.32 Å². The molecule has 0 aromatic carbocycles. The molecule has 1 saturated heterocycles. The third kappa shape index (κ3) is 3.19. The van der Waals surface area contributed by atoms with Gasteiger partial charge in [0.15, 0.2) is 0 Å². The van der Waals surface area contributed by atoms with Gasteiger partial charge in [-0.15, -0.1) is 0 Å². The van der Waals surface area contributed by atoms with E-state index in [4.69, 9.17) is 9.47 Å². The Labute approximate surface area is 72.2 Å². The van der Waals surface area contributed by atoms with Gasteiger partial charge in [-0.25, -0.2) is 4.79 Å². The number of hydrogen-bond donors (Lipinski definition) is 1. The molecule has 0 aliphatic carbocycles. The zero-order valence-corrected chi connectivity index (χ0v) is 7.34. The molecule has 1 rings (SSSR count). The molecule has 0 bridgehead atoms. The average Bonchev–Trinajstić information content (AvgIpc) is 1.95. The topological polar surface area (TPSA) is 47.6 Å².